The third-order valence-corrected chi connectivity index (χ3v) is 6.60. The first-order valence-corrected chi connectivity index (χ1v) is 12.9. The fraction of sp³-hybridized carbons (Fsp3) is 0.156. The molecule has 0 aliphatic carbocycles. The van der Waals surface area contributed by atoms with E-state index < -0.39 is 5.97 Å². The van der Waals surface area contributed by atoms with E-state index in [-0.39, 0.29) is 18.1 Å². The molecule has 1 N–H and O–H groups in total. The van der Waals surface area contributed by atoms with E-state index >= 15 is 0 Å². The van der Waals surface area contributed by atoms with Crippen LogP contribution in [0.3, 0.4) is 0 Å². The molecule has 9 nitrogen and oxygen atoms in total. The summed E-state index contributed by atoms with van der Waals surface area (Å²) in [5.41, 5.74) is 4.37. The smallest absolute Gasteiger partial charge is 0.340 e. The summed E-state index contributed by atoms with van der Waals surface area (Å²) in [5.74, 6) is 1.58. The summed E-state index contributed by atoms with van der Waals surface area (Å²) >= 11 is 0. The Kier molecular flexibility index (Phi) is 7.74. The molecule has 2 heterocycles. The van der Waals surface area contributed by atoms with E-state index in [0.717, 1.165) is 34.1 Å². The highest BCUT2D eigenvalue weighted by molar-refractivity contribution is 6.07. The number of ether oxygens (including phenoxy) is 4. The Bertz CT molecular complexity index is 1750. The number of anilines is 2. The molecule has 0 bridgehead atoms. The molecule has 0 aliphatic heterocycles. The molecule has 0 spiro atoms. The zero-order valence-corrected chi connectivity index (χ0v) is 23.1. The van der Waals surface area contributed by atoms with Gasteiger partial charge in [-0.3, -0.25) is 0 Å². The number of rotatable bonds is 9. The fourth-order valence-electron chi connectivity index (χ4n) is 4.66. The average molecular weight is 549 g/mol. The molecule has 3 aromatic carbocycles. The molecule has 2 aromatic heterocycles. The van der Waals surface area contributed by atoms with Gasteiger partial charge in [0.1, 0.15) is 28.9 Å². The second-order valence-electron chi connectivity index (χ2n) is 9.00. The normalized spacial score (nSPS) is 10.6. The van der Waals surface area contributed by atoms with Crippen molar-refractivity contribution in [2.24, 2.45) is 0 Å². The van der Waals surface area contributed by atoms with Crippen molar-refractivity contribution in [1.82, 2.24) is 9.55 Å². The van der Waals surface area contributed by atoms with Crippen LogP contribution in [0.1, 0.15) is 28.5 Å². The molecule has 0 unspecified atom stereocenters. The number of carbonyl (C=O) groups is 1. The number of nitrogens with one attached hydrogen (secondary N) is 1. The molecule has 0 saturated carbocycles. The number of pyridine rings is 1. The van der Waals surface area contributed by atoms with E-state index in [2.05, 4.69) is 16.4 Å². The molecule has 0 fully saturated rings. The predicted octanol–water partition coefficient (Wildman–Crippen LogP) is 6.94. The van der Waals surface area contributed by atoms with Crippen LogP contribution in [-0.2, 0) is 4.74 Å². The van der Waals surface area contributed by atoms with Gasteiger partial charge in [-0.05, 0) is 86.6 Å². The van der Waals surface area contributed by atoms with Crippen LogP contribution in [0.4, 0.5) is 11.4 Å². The van der Waals surface area contributed by atoms with E-state index in [0.29, 0.717) is 22.4 Å². The summed E-state index contributed by atoms with van der Waals surface area (Å²) in [5, 5.41) is 13.9. The van der Waals surface area contributed by atoms with Crippen molar-refractivity contribution in [2.75, 3.05) is 26.1 Å². The van der Waals surface area contributed by atoms with Gasteiger partial charge < -0.3 is 28.8 Å². The van der Waals surface area contributed by atoms with Gasteiger partial charge in [-0.15, -0.1) is 0 Å². The zero-order valence-electron chi connectivity index (χ0n) is 23.1. The lowest BCUT2D eigenvalue weighted by molar-refractivity contribution is 0.0527. The Morgan fingerprint density at radius 2 is 1.61 bits per heavy atom. The number of aromatic nitrogens is 2. The number of methoxy groups -OCH3 is 2. The van der Waals surface area contributed by atoms with Crippen molar-refractivity contribution in [1.29, 1.82) is 5.26 Å². The van der Waals surface area contributed by atoms with Gasteiger partial charge in [-0.1, -0.05) is 0 Å². The number of nitrogens with zero attached hydrogens (tertiary/aromatic N) is 3. The number of fused-ring (bicyclic) bond motifs is 1. The maximum Gasteiger partial charge on any atom is 0.340 e. The summed E-state index contributed by atoms with van der Waals surface area (Å²) in [6.07, 6.45) is 1.56. The van der Waals surface area contributed by atoms with Gasteiger partial charge in [0, 0.05) is 28.7 Å². The Balaban J connectivity index is 1.54. The molecule has 0 radical (unpaired) electrons. The fourth-order valence-corrected chi connectivity index (χ4v) is 4.66. The van der Waals surface area contributed by atoms with Gasteiger partial charge in [0.05, 0.1) is 37.6 Å². The molecule has 41 heavy (non-hydrogen) atoms. The van der Waals surface area contributed by atoms with Crippen molar-refractivity contribution in [3.63, 3.8) is 0 Å². The third kappa shape index (κ3) is 5.36. The third-order valence-electron chi connectivity index (χ3n) is 6.60. The zero-order chi connectivity index (χ0) is 28.9. The molecule has 206 valence electrons. The van der Waals surface area contributed by atoms with Gasteiger partial charge in [0.25, 0.3) is 0 Å². The van der Waals surface area contributed by atoms with Crippen molar-refractivity contribution in [3.05, 3.63) is 95.8 Å². The maximum absolute atomic E-state index is 13.1. The minimum absolute atomic E-state index is 0.134. The van der Waals surface area contributed by atoms with Crippen LogP contribution in [-0.4, -0.2) is 36.3 Å². The van der Waals surface area contributed by atoms with Crippen molar-refractivity contribution in [3.8, 4) is 34.9 Å². The first-order valence-electron chi connectivity index (χ1n) is 12.9. The van der Waals surface area contributed by atoms with Crippen LogP contribution in [0.2, 0.25) is 0 Å². The van der Waals surface area contributed by atoms with Crippen LogP contribution >= 0.6 is 0 Å². The molecular weight excluding hydrogens is 520 g/mol. The average Bonchev–Trinajstić information content (AvgIpc) is 3.28. The van der Waals surface area contributed by atoms with E-state index in [1.54, 1.807) is 45.5 Å². The van der Waals surface area contributed by atoms with Crippen LogP contribution in [0.25, 0.3) is 16.6 Å². The van der Waals surface area contributed by atoms with Gasteiger partial charge >= 0.3 is 5.97 Å². The lowest BCUT2D eigenvalue weighted by Crippen LogP contribution is -2.07. The van der Waals surface area contributed by atoms with Gasteiger partial charge in [0.15, 0.2) is 0 Å². The number of nitriles is 1. The summed E-state index contributed by atoms with van der Waals surface area (Å²) in [6.45, 7) is 3.89. The summed E-state index contributed by atoms with van der Waals surface area (Å²) in [6, 6.07) is 24.2. The van der Waals surface area contributed by atoms with Crippen molar-refractivity contribution >= 4 is 28.2 Å². The largest absolute Gasteiger partial charge is 0.497 e. The Hall–Kier alpha value is -5.49. The minimum atomic E-state index is -0.430. The molecule has 0 atom stereocenters. The highest BCUT2D eigenvalue weighted by Crippen LogP contribution is 2.36. The minimum Gasteiger partial charge on any atom is -0.497 e. The second-order valence-corrected chi connectivity index (χ2v) is 9.00. The van der Waals surface area contributed by atoms with Crippen molar-refractivity contribution in [2.45, 2.75) is 13.8 Å². The molecular formula is C32H28N4O5. The van der Waals surface area contributed by atoms with E-state index in [1.807, 2.05) is 66.1 Å². The molecule has 0 saturated heterocycles. The SMILES string of the molecule is CCOC(=O)c1c(C)n(-c2ccc(OC)cc2)c2ccc(Oc3nccc(Nc4ccc(OC)cc4)c3C#N)cc12. The number of benzene rings is 3. The Morgan fingerprint density at radius 3 is 2.24 bits per heavy atom. The number of esters is 1. The van der Waals surface area contributed by atoms with E-state index in [9.17, 15) is 10.1 Å². The van der Waals surface area contributed by atoms with E-state index in [4.69, 9.17) is 18.9 Å². The Labute approximate surface area is 237 Å². The highest BCUT2D eigenvalue weighted by atomic mass is 16.5. The molecule has 5 rings (SSSR count). The predicted molar refractivity (Wildman–Crippen MR) is 156 cm³/mol. The molecule has 5 aromatic rings. The monoisotopic (exact) mass is 548 g/mol. The summed E-state index contributed by atoms with van der Waals surface area (Å²) in [4.78, 5) is 17.4. The standard InChI is InChI=1S/C32H28N4O5/c1-5-40-32(37)30-20(2)36(22-8-12-24(39-4)13-9-22)29-15-14-25(18-26(29)30)41-31-27(19-33)28(16-17-34-31)35-21-6-10-23(38-3)11-7-21/h6-18H,5H2,1-4H3,(H,34,35). The highest BCUT2D eigenvalue weighted by Gasteiger charge is 2.23. The maximum atomic E-state index is 13.1. The molecule has 0 amide bonds. The lowest BCUT2D eigenvalue weighted by Gasteiger charge is -2.12. The van der Waals surface area contributed by atoms with Gasteiger partial charge in [0.2, 0.25) is 5.88 Å². The van der Waals surface area contributed by atoms with Crippen LogP contribution in [0.15, 0.2) is 79.0 Å². The molecule has 0 aliphatic rings. The Morgan fingerprint density at radius 1 is 0.951 bits per heavy atom. The number of carbonyl (C=O) groups excluding carboxylic acids is 1. The quantitative estimate of drug-likeness (QED) is 0.198. The summed E-state index contributed by atoms with van der Waals surface area (Å²) in [7, 11) is 3.22. The first kappa shape index (κ1) is 27.1. The topological polar surface area (TPSA) is 108 Å². The van der Waals surface area contributed by atoms with Crippen LogP contribution < -0.4 is 19.5 Å². The van der Waals surface area contributed by atoms with Gasteiger partial charge in [-0.25, -0.2) is 9.78 Å². The van der Waals surface area contributed by atoms with Crippen LogP contribution in [0, 0.1) is 18.3 Å². The van der Waals surface area contributed by atoms with Crippen molar-refractivity contribution < 1.29 is 23.7 Å². The van der Waals surface area contributed by atoms with Crippen LogP contribution in [0.5, 0.6) is 23.1 Å². The first-order chi connectivity index (χ1) is 20.0. The summed E-state index contributed by atoms with van der Waals surface area (Å²) < 4.78 is 24.0. The second kappa shape index (κ2) is 11.7. The molecule has 9 heteroatoms. The number of hydrogen-bond acceptors (Lipinski definition) is 8. The lowest BCUT2D eigenvalue weighted by atomic mass is 10.1. The van der Waals surface area contributed by atoms with Gasteiger partial charge in [-0.2, -0.15) is 5.26 Å². The number of hydrogen-bond donors (Lipinski definition) is 1. The van der Waals surface area contributed by atoms with E-state index in [1.165, 1.54) is 0 Å².